The first-order valence-electron chi connectivity index (χ1n) is 5.63. The number of hydrogen-bond acceptors (Lipinski definition) is 4. The highest BCUT2D eigenvalue weighted by Crippen LogP contribution is 2.24. The molecule has 0 atom stereocenters. The van der Waals surface area contributed by atoms with Gasteiger partial charge >= 0.3 is 7.48 Å². The molecule has 0 bridgehead atoms. The lowest BCUT2D eigenvalue weighted by Crippen LogP contribution is -2.49. The van der Waals surface area contributed by atoms with Crippen molar-refractivity contribution in [2.75, 3.05) is 12.4 Å². The van der Waals surface area contributed by atoms with Crippen molar-refractivity contribution in [2.45, 2.75) is 38.9 Å². The number of hydrogen-bond donors (Lipinski definition) is 2. The van der Waals surface area contributed by atoms with E-state index in [1.165, 1.54) is 0 Å². The minimum atomic E-state index is -0.914. The van der Waals surface area contributed by atoms with E-state index in [1.807, 2.05) is 33.0 Å². The summed E-state index contributed by atoms with van der Waals surface area (Å²) >= 11 is 0. The van der Waals surface area contributed by atoms with Gasteiger partial charge in [0.05, 0.1) is 11.2 Å². The van der Waals surface area contributed by atoms with Crippen LogP contribution in [0.4, 0.5) is 5.82 Å². The predicted octanol–water partition coefficient (Wildman–Crippen LogP) is 0.934. The first-order valence-corrected chi connectivity index (χ1v) is 5.63. The largest absolute Gasteiger partial charge is 0.427 e. The molecular formula is C12H20BN2O2. The van der Waals surface area contributed by atoms with Crippen LogP contribution in [0.1, 0.15) is 27.7 Å². The lowest BCUT2D eigenvalue weighted by molar-refractivity contribution is -0.0893. The average Bonchev–Trinajstić information content (AvgIpc) is 2.25. The van der Waals surface area contributed by atoms with Gasteiger partial charge in [0.1, 0.15) is 5.82 Å². The third-order valence-electron chi connectivity index (χ3n) is 3.00. The maximum Gasteiger partial charge on any atom is 0.331 e. The summed E-state index contributed by atoms with van der Waals surface area (Å²) in [5.74, 6) is 0.781. The van der Waals surface area contributed by atoms with Gasteiger partial charge in [-0.2, -0.15) is 0 Å². The molecule has 1 rings (SSSR count). The van der Waals surface area contributed by atoms with Crippen molar-refractivity contribution in [3.63, 3.8) is 0 Å². The fourth-order valence-electron chi connectivity index (χ4n) is 1.02. The minimum Gasteiger partial charge on any atom is -0.427 e. The summed E-state index contributed by atoms with van der Waals surface area (Å²) in [4.78, 5) is 4.12. The molecule has 0 saturated carbocycles. The zero-order valence-corrected chi connectivity index (χ0v) is 11.1. The van der Waals surface area contributed by atoms with E-state index in [0.29, 0.717) is 0 Å². The molecule has 0 saturated heterocycles. The highest BCUT2D eigenvalue weighted by atomic mass is 16.5. The molecular weight excluding hydrogens is 215 g/mol. The van der Waals surface area contributed by atoms with Crippen molar-refractivity contribution in [1.29, 1.82) is 0 Å². The molecule has 0 aliphatic carbocycles. The number of nitrogens with one attached hydrogen (secondary N) is 1. The monoisotopic (exact) mass is 235 g/mol. The van der Waals surface area contributed by atoms with Crippen LogP contribution in [0.15, 0.2) is 18.3 Å². The second-order valence-corrected chi connectivity index (χ2v) is 5.03. The molecule has 0 amide bonds. The lowest BCUT2D eigenvalue weighted by atomic mass is 9.83. The van der Waals surface area contributed by atoms with Gasteiger partial charge in [-0.15, -0.1) is 0 Å². The number of nitrogens with zero attached hydrogens (tertiary/aromatic N) is 1. The Kier molecular flexibility index (Phi) is 4.17. The van der Waals surface area contributed by atoms with E-state index < -0.39 is 11.2 Å². The predicted molar refractivity (Wildman–Crippen MR) is 70.6 cm³/mol. The first kappa shape index (κ1) is 14.0. The van der Waals surface area contributed by atoms with Gasteiger partial charge in [-0.1, -0.05) is 0 Å². The van der Waals surface area contributed by atoms with E-state index in [4.69, 9.17) is 4.65 Å². The molecule has 93 valence electrons. The van der Waals surface area contributed by atoms with Gasteiger partial charge in [0.15, 0.2) is 0 Å². The van der Waals surface area contributed by atoms with Crippen molar-refractivity contribution >= 4 is 18.8 Å². The maximum atomic E-state index is 9.95. The summed E-state index contributed by atoms with van der Waals surface area (Å²) in [5.41, 5.74) is -0.667. The second-order valence-electron chi connectivity index (χ2n) is 5.03. The fraction of sp³-hybridized carbons (Fsp3) is 0.583. The van der Waals surface area contributed by atoms with Crippen LogP contribution in [-0.4, -0.2) is 35.8 Å². The second kappa shape index (κ2) is 5.06. The molecule has 1 aromatic heterocycles. The topological polar surface area (TPSA) is 54.4 Å². The van der Waals surface area contributed by atoms with E-state index in [-0.39, 0.29) is 0 Å². The third-order valence-corrected chi connectivity index (χ3v) is 3.00. The standard InChI is InChI=1S/C12H20BN2O2/c1-11(2,16)12(3,4)17-13-9-6-7-15-10(8-9)14-5/h6-8,16H,1-5H3,(H,14,15). The smallest absolute Gasteiger partial charge is 0.331 e. The van der Waals surface area contributed by atoms with Crippen LogP contribution >= 0.6 is 0 Å². The Bertz CT molecular complexity index is 375. The number of aliphatic hydroxyl groups is 1. The third kappa shape index (κ3) is 3.72. The molecule has 0 aliphatic heterocycles. The fourth-order valence-corrected chi connectivity index (χ4v) is 1.02. The van der Waals surface area contributed by atoms with Gasteiger partial charge in [-0.3, -0.25) is 0 Å². The van der Waals surface area contributed by atoms with Crippen LogP contribution in [0.5, 0.6) is 0 Å². The molecule has 17 heavy (non-hydrogen) atoms. The number of rotatable bonds is 5. The van der Waals surface area contributed by atoms with Crippen LogP contribution in [0.3, 0.4) is 0 Å². The van der Waals surface area contributed by atoms with Crippen molar-refractivity contribution in [3.8, 4) is 0 Å². The van der Waals surface area contributed by atoms with Crippen LogP contribution in [0, 0.1) is 0 Å². The van der Waals surface area contributed by atoms with Gasteiger partial charge in [0.25, 0.3) is 0 Å². The number of anilines is 1. The van der Waals surface area contributed by atoms with Gasteiger partial charge in [0, 0.05) is 13.2 Å². The molecule has 0 fully saturated rings. The SMILES string of the molecule is CNc1cc([B]OC(C)(C)C(C)(C)O)ccn1. The highest BCUT2D eigenvalue weighted by Gasteiger charge is 2.35. The summed E-state index contributed by atoms with van der Waals surface area (Å²) in [6.07, 6.45) is 1.71. The Morgan fingerprint density at radius 1 is 1.35 bits per heavy atom. The van der Waals surface area contributed by atoms with Crippen LogP contribution in [0.2, 0.25) is 0 Å². The molecule has 4 nitrogen and oxygen atoms in total. The Balaban J connectivity index is 2.67. The Hall–Kier alpha value is -1.07. The van der Waals surface area contributed by atoms with E-state index in [1.54, 1.807) is 27.5 Å². The van der Waals surface area contributed by atoms with Gasteiger partial charge in [0.2, 0.25) is 0 Å². The molecule has 2 N–H and O–H groups in total. The van der Waals surface area contributed by atoms with Crippen molar-refractivity contribution < 1.29 is 9.76 Å². The molecule has 0 spiro atoms. The lowest BCUT2D eigenvalue weighted by Gasteiger charge is -2.37. The van der Waals surface area contributed by atoms with Crippen LogP contribution in [-0.2, 0) is 4.65 Å². The molecule has 1 radical (unpaired) electrons. The van der Waals surface area contributed by atoms with E-state index in [9.17, 15) is 5.11 Å². The van der Waals surface area contributed by atoms with Crippen molar-refractivity contribution in [2.24, 2.45) is 0 Å². The van der Waals surface area contributed by atoms with Gasteiger partial charge in [-0.05, 0) is 45.3 Å². The van der Waals surface area contributed by atoms with Crippen LogP contribution < -0.4 is 10.8 Å². The molecule has 0 aromatic carbocycles. The Morgan fingerprint density at radius 3 is 2.53 bits per heavy atom. The summed E-state index contributed by atoms with van der Waals surface area (Å²) in [6.45, 7) is 7.16. The van der Waals surface area contributed by atoms with Crippen molar-refractivity contribution in [1.82, 2.24) is 4.98 Å². The summed E-state index contributed by atoms with van der Waals surface area (Å²) < 4.78 is 5.65. The quantitative estimate of drug-likeness (QED) is 0.745. The zero-order chi connectivity index (χ0) is 13.1. The van der Waals surface area contributed by atoms with Crippen molar-refractivity contribution in [3.05, 3.63) is 18.3 Å². The highest BCUT2D eigenvalue weighted by molar-refractivity contribution is 6.47. The van der Waals surface area contributed by atoms with Crippen LogP contribution in [0.25, 0.3) is 0 Å². The molecule has 1 heterocycles. The summed E-state index contributed by atoms with van der Waals surface area (Å²) in [5, 5.41) is 12.9. The van der Waals surface area contributed by atoms with E-state index >= 15 is 0 Å². The molecule has 0 unspecified atom stereocenters. The Labute approximate surface area is 104 Å². The summed E-state index contributed by atoms with van der Waals surface area (Å²) in [6, 6.07) is 3.72. The number of pyridine rings is 1. The van der Waals surface area contributed by atoms with E-state index in [0.717, 1.165) is 11.3 Å². The van der Waals surface area contributed by atoms with E-state index in [2.05, 4.69) is 10.3 Å². The van der Waals surface area contributed by atoms with Gasteiger partial charge in [-0.25, -0.2) is 4.98 Å². The zero-order valence-electron chi connectivity index (χ0n) is 11.1. The molecule has 0 aliphatic rings. The molecule has 1 aromatic rings. The average molecular weight is 235 g/mol. The first-order chi connectivity index (χ1) is 7.76. The number of aromatic nitrogens is 1. The Morgan fingerprint density at radius 2 is 2.00 bits per heavy atom. The summed E-state index contributed by atoms with van der Waals surface area (Å²) in [7, 11) is 3.45. The normalized spacial score (nSPS) is 12.4. The molecule has 5 heteroatoms. The minimum absolute atomic E-state index is 0.657. The maximum absolute atomic E-state index is 9.95. The van der Waals surface area contributed by atoms with Gasteiger partial charge < -0.3 is 15.1 Å².